The fourth-order valence-electron chi connectivity index (χ4n) is 2.71. The van der Waals surface area contributed by atoms with Crippen molar-refractivity contribution in [3.63, 3.8) is 0 Å². The number of aliphatic hydroxyl groups excluding tert-OH is 1. The first-order valence-electron chi connectivity index (χ1n) is 6.30. The minimum Gasteiger partial charge on any atom is -0.392 e. The maximum absolute atomic E-state index is 9.28. The van der Waals surface area contributed by atoms with E-state index in [9.17, 15) is 5.11 Å². The van der Waals surface area contributed by atoms with Gasteiger partial charge in [-0.2, -0.15) is 0 Å². The Bertz CT molecular complexity index is 337. The third-order valence-electron chi connectivity index (χ3n) is 3.71. The third-order valence-corrected chi connectivity index (χ3v) is 3.71. The lowest BCUT2D eigenvalue weighted by Gasteiger charge is -2.22. The van der Waals surface area contributed by atoms with Gasteiger partial charge in [-0.15, -0.1) is 0 Å². The van der Waals surface area contributed by atoms with Crippen LogP contribution in [0.4, 0.5) is 5.69 Å². The van der Waals surface area contributed by atoms with Crippen molar-refractivity contribution >= 4 is 5.69 Å². The van der Waals surface area contributed by atoms with E-state index in [2.05, 4.69) is 18.3 Å². The van der Waals surface area contributed by atoms with Crippen LogP contribution in [0.5, 0.6) is 0 Å². The summed E-state index contributed by atoms with van der Waals surface area (Å²) in [6.45, 7) is 2.38. The van der Waals surface area contributed by atoms with Gasteiger partial charge in [-0.05, 0) is 24.8 Å². The van der Waals surface area contributed by atoms with Crippen molar-refractivity contribution in [2.75, 3.05) is 5.32 Å². The Morgan fingerprint density at radius 1 is 1.31 bits per heavy atom. The molecule has 1 aliphatic rings. The molecule has 1 aromatic rings. The van der Waals surface area contributed by atoms with Gasteiger partial charge < -0.3 is 10.4 Å². The van der Waals surface area contributed by atoms with E-state index in [0.29, 0.717) is 6.04 Å². The van der Waals surface area contributed by atoms with Crippen LogP contribution in [0.1, 0.15) is 38.2 Å². The van der Waals surface area contributed by atoms with Crippen molar-refractivity contribution in [2.24, 2.45) is 5.92 Å². The van der Waals surface area contributed by atoms with Gasteiger partial charge in [0.05, 0.1) is 6.61 Å². The van der Waals surface area contributed by atoms with Crippen molar-refractivity contribution in [3.8, 4) is 0 Å². The molecule has 1 fully saturated rings. The molecule has 0 amide bonds. The number of hydrogen-bond acceptors (Lipinski definition) is 2. The summed E-state index contributed by atoms with van der Waals surface area (Å²) in [5.41, 5.74) is 2.11. The molecule has 0 aliphatic heterocycles. The minimum atomic E-state index is 0.118. The summed E-state index contributed by atoms with van der Waals surface area (Å²) in [6.07, 6.45) is 5.18. The van der Waals surface area contributed by atoms with Crippen molar-refractivity contribution in [1.82, 2.24) is 0 Å². The van der Waals surface area contributed by atoms with Crippen LogP contribution in [0, 0.1) is 5.92 Å². The summed E-state index contributed by atoms with van der Waals surface area (Å²) in [5, 5.41) is 12.9. The second kappa shape index (κ2) is 5.35. The second-order valence-corrected chi connectivity index (χ2v) is 4.67. The van der Waals surface area contributed by atoms with Gasteiger partial charge in [-0.1, -0.05) is 38.0 Å². The predicted octanol–water partition coefficient (Wildman–Crippen LogP) is 3.17. The van der Waals surface area contributed by atoms with Gasteiger partial charge in [-0.3, -0.25) is 0 Å². The summed E-state index contributed by atoms with van der Waals surface area (Å²) in [4.78, 5) is 0. The number of anilines is 1. The first-order chi connectivity index (χ1) is 7.85. The Hall–Kier alpha value is -1.02. The molecule has 1 aromatic carbocycles. The van der Waals surface area contributed by atoms with Crippen molar-refractivity contribution in [2.45, 2.75) is 45.3 Å². The average Bonchev–Trinajstić information content (AvgIpc) is 2.77. The van der Waals surface area contributed by atoms with Gasteiger partial charge >= 0.3 is 0 Å². The van der Waals surface area contributed by atoms with Gasteiger partial charge in [0.25, 0.3) is 0 Å². The smallest absolute Gasteiger partial charge is 0.0701 e. The van der Waals surface area contributed by atoms with E-state index >= 15 is 0 Å². The number of nitrogens with one attached hydrogen (secondary N) is 1. The van der Waals surface area contributed by atoms with E-state index < -0.39 is 0 Å². The molecule has 0 saturated heterocycles. The number of hydrogen-bond donors (Lipinski definition) is 2. The van der Waals surface area contributed by atoms with Gasteiger partial charge in [0.1, 0.15) is 0 Å². The zero-order valence-electron chi connectivity index (χ0n) is 9.95. The van der Waals surface area contributed by atoms with E-state index in [1.165, 1.54) is 25.7 Å². The van der Waals surface area contributed by atoms with Crippen molar-refractivity contribution in [1.29, 1.82) is 0 Å². The Labute approximate surface area is 97.7 Å². The van der Waals surface area contributed by atoms with E-state index in [-0.39, 0.29) is 6.61 Å². The molecule has 1 saturated carbocycles. The molecule has 0 aromatic heterocycles. The molecule has 0 bridgehead atoms. The lowest BCUT2D eigenvalue weighted by molar-refractivity contribution is 0.282. The maximum Gasteiger partial charge on any atom is 0.0701 e. The lowest BCUT2D eigenvalue weighted by atomic mass is 10.00. The summed E-state index contributed by atoms with van der Waals surface area (Å²) in [7, 11) is 0. The number of rotatable bonds is 4. The summed E-state index contributed by atoms with van der Waals surface area (Å²) in [5.74, 6) is 0.798. The fraction of sp³-hybridized carbons (Fsp3) is 0.571. The largest absolute Gasteiger partial charge is 0.392 e. The lowest BCUT2D eigenvalue weighted by Crippen LogP contribution is -2.24. The number of para-hydroxylation sites is 1. The Morgan fingerprint density at radius 3 is 2.88 bits per heavy atom. The van der Waals surface area contributed by atoms with Crippen LogP contribution in [0.15, 0.2) is 24.3 Å². The molecule has 2 unspecified atom stereocenters. The van der Waals surface area contributed by atoms with Crippen molar-refractivity contribution in [3.05, 3.63) is 29.8 Å². The van der Waals surface area contributed by atoms with Crippen LogP contribution < -0.4 is 5.32 Å². The standard InChI is InChI=1S/C14H21NO/c1-2-11-7-5-9-13(11)15-14-8-4-3-6-12(14)10-16/h3-4,6,8,11,13,15-16H,2,5,7,9-10H2,1H3. The quantitative estimate of drug-likeness (QED) is 0.815. The summed E-state index contributed by atoms with van der Waals surface area (Å²) >= 11 is 0. The molecule has 2 nitrogen and oxygen atoms in total. The van der Waals surface area contributed by atoms with E-state index in [4.69, 9.17) is 0 Å². The number of aliphatic hydroxyl groups is 1. The topological polar surface area (TPSA) is 32.3 Å². The molecule has 1 aliphatic carbocycles. The van der Waals surface area contributed by atoms with Crippen LogP contribution in [-0.4, -0.2) is 11.1 Å². The zero-order chi connectivity index (χ0) is 11.4. The highest BCUT2D eigenvalue weighted by Gasteiger charge is 2.25. The third kappa shape index (κ3) is 2.38. The summed E-state index contributed by atoms with van der Waals surface area (Å²) in [6, 6.07) is 8.65. The first kappa shape index (κ1) is 11.5. The molecule has 2 atom stereocenters. The van der Waals surface area contributed by atoms with Crippen LogP contribution in [0.25, 0.3) is 0 Å². The molecular weight excluding hydrogens is 198 g/mol. The van der Waals surface area contributed by atoms with Crippen molar-refractivity contribution < 1.29 is 5.11 Å². The molecule has 0 heterocycles. The van der Waals surface area contributed by atoms with E-state index in [0.717, 1.165) is 17.2 Å². The Morgan fingerprint density at radius 2 is 2.12 bits per heavy atom. The molecular formula is C14H21NO. The average molecular weight is 219 g/mol. The predicted molar refractivity (Wildman–Crippen MR) is 67.4 cm³/mol. The van der Waals surface area contributed by atoms with Crippen LogP contribution >= 0.6 is 0 Å². The number of benzene rings is 1. The highest BCUT2D eigenvalue weighted by atomic mass is 16.3. The van der Waals surface area contributed by atoms with E-state index in [1.807, 2.05) is 18.2 Å². The fourth-order valence-corrected chi connectivity index (χ4v) is 2.71. The maximum atomic E-state index is 9.28. The Kier molecular flexibility index (Phi) is 3.83. The minimum absolute atomic E-state index is 0.118. The van der Waals surface area contributed by atoms with Gasteiger partial charge in [0.15, 0.2) is 0 Å². The van der Waals surface area contributed by atoms with Gasteiger partial charge in [-0.25, -0.2) is 0 Å². The highest BCUT2D eigenvalue weighted by Crippen LogP contribution is 2.31. The first-order valence-corrected chi connectivity index (χ1v) is 6.30. The molecule has 16 heavy (non-hydrogen) atoms. The van der Waals surface area contributed by atoms with Gasteiger partial charge in [0.2, 0.25) is 0 Å². The summed E-state index contributed by atoms with van der Waals surface area (Å²) < 4.78 is 0. The highest BCUT2D eigenvalue weighted by molar-refractivity contribution is 5.51. The molecule has 2 rings (SSSR count). The monoisotopic (exact) mass is 219 g/mol. The van der Waals surface area contributed by atoms with Crippen LogP contribution in [0.2, 0.25) is 0 Å². The van der Waals surface area contributed by atoms with Crippen LogP contribution in [0.3, 0.4) is 0 Å². The molecule has 88 valence electrons. The zero-order valence-corrected chi connectivity index (χ0v) is 9.95. The molecule has 0 radical (unpaired) electrons. The van der Waals surface area contributed by atoms with Crippen LogP contribution in [-0.2, 0) is 6.61 Å². The second-order valence-electron chi connectivity index (χ2n) is 4.67. The van der Waals surface area contributed by atoms with E-state index in [1.54, 1.807) is 0 Å². The normalized spacial score (nSPS) is 24.6. The molecule has 2 N–H and O–H groups in total. The Balaban J connectivity index is 2.08. The molecule has 2 heteroatoms. The van der Waals surface area contributed by atoms with Gasteiger partial charge in [0, 0.05) is 17.3 Å². The SMILES string of the molecule is CCC1CCCC1Nc1ccccc1CO. The molecule has 0 spiro atoms.